The molecule has 96 valence electrons. The van der Waals surface area contributed by atoms with Crippen LogP contribution in [0.5, 0.6) is 5.75 Å². The van der Waals surface area contributed by atoms with Gasteiger partial charge in [0.15, 0.2) is 0 Å². The van der Waals surface area contributed by atoms with E-state index < -0.39 is 0 Å². The first kappa shape index (κ1) is 11.3. The highest BCUT2D eigenvalue weighted by molar-refractivity contribution is 6.11. The Labute approximate surface area is 118 Å². The monoisotopic (exact) mass is 258 g/mol. The van der Waals surface area contributed by atoms with Crippen LogP contribution in [0.15, 0.2) is 60.7 Å². The molecule has 4 rings (SSSR count). The number of hydrogen-bond acceptors (Lipinski definition) is 1. The minimum Gasteiger partial charge on any atom is -0.497 e. The van der Waals surface area contributed by atoms with Gasteiger partial charge in [0.1, 0.15) is 5.75 Å². The summed E-state index contributed by atoms with van der Waals surface area (Å²) < 4.78 is 5.27. The molecular formula is C19H14O. The minimum atomic E-state index is 0.897. The Morgan fingerprint density at radius 3 is 2.15 bits per heavy atom. The first-order valence-corrected chi connectivity index (χ1v) is 6.74. The predicted molar refractivity (Wildman–Crippen MR) is 83.9 cm³/mol. The van der Waals surface area contributed by atoms with Crippen molar-refractivity contribution in [3.05, 3.63) is 77.4 Å². The van der Waals surface area contributed by atoms with Crippen LogP contribution in [0, 0.1) is 0 Å². The molecule has 0 saturated carbocycles. The second-order valence-corrected chi connectivity index (χ2v) is 5.08. The molecule has 0 atom stereocenters. The van der Waals surface area contributed by atoms with Crippen molar-refractivity contribution in [2.75, 3.05) is 7.11 Å². The maximum Gasteiger partial charge on any atom is 0.119 e. The van der Waals surface area contributed by atoms with Crippen LogP contribution < -0.4 is 4.74 Å². The quantitative estimate of drug-likeness (QED) is 0.504. The van der Waals surface area contributed by atoms with E-state index in [1.165, 1.54) is 33.0 Å². The van der Waals surface area contributed by atoms with Gasteiger partial charge in [0.25, 0.3) is 0 Å². The zero-order chi connectivity index (χ0) is 13.5. The SMILES string of the molecule is COc1cccc(C=C2c3cc4ccccc4cc32)c1. The van der Waals surface area contributed by atoms with Crippen LogP contribution in [0.2, 0.25) is 0 Å². The van der Waals surface area contributed by atoms with Crippen LogP contribution in [0.3, 0.4) is 0 Å². The average Bonchev–Trinajstić information content (AvgIpc) is 3.16. The van der Waals surface area contributed by atoms with E-state index in [9.17, 15) is 0 Å². The third-order valence-corrected chi connectivity index (χ3v) is 3.81. The molecule has 0 N–H and O–H groups in total. The van der Waals surface area contributed by atoms with Crippen molar-refractivity contribution in [1.29, 1.82) is 0 Å². The Hall–Kier alpha value is -2.54. The fraction of sp³-hybridized carbons (Fsp3) is 0.0526. The number of benzene rings is 3. The molecule has 20 heavy (non-hydrogen) atoms. The van der Waals surface area contributed by atoms with Gasteiger partial charge in [0.05, 0.1) is 7.11 Å². The second-order valence-electron chi connectivity index (χ2n) is 5.08. The summed E-state index contributed by atoms with van der Waals surface area (Å²) in [4.78, 5) is 0. The molecule has 0 unspecified atom stereocenters. The van der Waals surface area contributed by atoms with E-state index in [-0.39, 0.29) is 0 Å². The van der Waals surface area contributed by atoms with Crippen LogP contribution in [0.25, 0.3) is 22.4 Å². The lowest BCUT2D eigenvalue weighted by Crippen LogP contribution is -1.81. The van der Waals surface area contributed by atoms with Gasteiger partial charge < -0.3 is 4.74 Å². The van der Waals surface area contributed by atoms with Crippen LogP contribution in [0.4, 0.5) is 0 Å². The molecule has 0 spiro atoms. The Morgan fingerprint density at radius 1 is 0.800 bits per heavy atom. The van der Waals surface area contributed by atoms with Gasteiger partial charge in [0.2, 0.25) is 0 Å². The first-order valence-electron chi connectivity index (χ1n) is 6.74. The summed E-state index contributed by atoms with van der Waals surface area (Å²) in [7, 11) is 1.70. The molecule has 3 aromatic carbocycles. The highest BCUT2D eigenvalue weighted by atomic mass is 16.5. The van der Waals surface area contributed by atoms with E-state index in [1.54, 1.807) is 7.11 Å². The van der Waals surface area contributed by atoms with Crippen LogP contribution in [0.1, 0.15) is 16.7 Å². The Kier molecular flexibility index (Phi) is 2.40. The predicted octanol–water partition coefficient (Wildman–Crippen LogP) is 4.75. The van der Waals surface area contributed by atoms with E-state index in [4.69, 9.17) is 4.74 Å². The van der Waals surface area contributed by atoms with Gasteiger partial charge in [-0.2, -0.15) is 0 Å². The topological polar surface area (TPSA) is 9.23 Å². The fourth-order valence-electron chi connectivity index (χ4n) is 2.68. The van der Waals surface area contributed by atoms with Crippen molar-refractivity contribution in [2.45, 2.75) is 0 Å². The summed E-state index contributed by atoms with van der Waals surface area (Å²) in [6.45, 7) is 0. The summed E-state index contributed by atoms with van der Waals surface area (Å²) in [5.41, 5.74) is 5.26. The van der Waals surface area contributed by atoms with E-state index in [2.05, 4.69) is 54.6 Å². The molecular weight excluding hydrogens is 244 g/mol. The summed E-state index contributed by atoms with van der Waals surface area (Å²) in [6, 6.07) is 21.2. The Balaban J connectivity index is 1.76. The van der Waals surface area contributed by atoms with E-state index in [1.807, 2.05) is 12.1 Å². The third-order valence-electron chi connectivity index (χ3n) is 3.81. The molecule has 1 heteroatoms. The summed E-state index contributed by atoms with van der Waals surface area (Å²) in [5, 5.41) is 2.61. The molecule has 0 fully saturated rings. The first-order chi connectivity index (χ1) is 9.85. The van der Waals surface area contributed by atoms with Gasteiger partial charge in [-0.3, -0.25) is 0 Å². The van der Waals surface area contributed by atoms with Crippen molar-refractivity contribution in [3.63, 3.8) is 0 Å². The van der Waals surface area contributed by atoms with E-state index >= 15 is 0 Å². The molecule has 0 saturated heterocycles. The van der Waals surface area contributed by atoms with E-state index in [0.29, 0.717) is 0 Å². The van der Waals surface area contributed by atoms with Gasteiger partial charge in [-0.05, 0) is 63.4 Å². The van der Waals surface area contributed by atoms with Crippen molar-refractivity contribution < 1.29 is 4.74 Å². The van der Waals surface area contributed by atoms with Crippen LogP contribution in [-0.2, 0) is 0 Å². The third kappa shape index (κ3) is 1.79. The van der Waals surface area contributed by atoms with Gasteiger partial charge >= 0.3 is 0 Å². The summed E-state index contributed by atoms with van der Waals surface area (Å²) >= 11 is 0. The molecule has 1 nitrogen and oxygen atoms in total. The lowest BCUT2D eigenvalue weighted by molar-refractivity contribution is 0.414. The van der Waals surface area contributed by atoms with Crippen LogP contribution in [-0.4, -0.2) is 7.11 Å². The number of ether oxygens (including phenoxy) is 1. The van der Waals surface area contributed by atoms with E-state index in [0.717, 1.165) is 5.75 Å². The molecule has 1 aliphatic carbocycles. The lowest BCUT2D eigenvalue weighted by Gasteiger charge is -1.99. The van der Waals surface area contributed by atoms with Crippen LogP contribution >= 0.6 is 0 Å². The van der Waals surface area contributed by atoms with Crippen molar-refractivity contribution >= 4 is 22.4 Å². The smallest absolute Gasteiger partial charge is 0.119 e. The highest BCUT2D eigenvalue weighted by Crippen LogP contribution is 2.45. The van der Waals surface area contributed by atoms with Crippen molar-refractivity contribution in [2.24, 2.45) is 0 Å². The molecule has 0 aromatic heterocycles. The largest absolute Gasteiger partial charge is 0.497 e. The summed E-state index contributed by atoms with van der Waals surface area (Å²) in [6.07, 6.45) is 2.23. The average molecular weight is 258 g/mol. The maximum absolute atomic E-state index is 5.27. The van der Waals surface area contributed by atoms with Crippen molar-refractivity contribution in [1.82, 2.24) is 0 Å². The molecule has 0 aliphatic heterocycles. The lowest BCUT2D eigenvalue weighted by atomic mass is 10.1. The van der Waals surface area contributed by atoms with Crippen molar-refractivity contribution in [3.8, 4) is 5.75 Å². The Bertz CT molecular complexity index is 799. The van der Waals surface area contributed by atoms with Gasteiger partial charge in [-0.25, -0.2) is 0 Å². The zero-order valence-corrected chi connectivity index (χ0v) is 11.3. The Morgan fingerprint density at radius 2 is 1.50 bits per heavy atom. The molecule has 3 aromatic rings. The molecule has 0 radical (unpaired) electrons. The van der Waals surface area contributed by atoms with Gasteiger partial charge in [-0.15, -0.1) is 0 Å². The number of hydrogen-bond donors (Lipinski definition) is 0. The number of rotatable bonds is 2. The standard InChI is InChI=1S/C19H14O/c1-20-16-8-4-5-13(9-16)10-17-18-11-14-6-2-3-7-15(14)12-19(17)18/h2-12H,1H3. The zero-order valence-electron chi connectivity index (χ0n) is 11.3. The van der Waals surface area contributed by atoms with Gasteiger partial charge in [-0.1, -0.05) is 36.4 Å². The number of fused-ring (bicyclic) bond motifs is 2. The normalized spacial score (nSPS) is 12.2. The molecule has 0 bridgehead atoms. The summed E-state index contributed by atoms with van der Waals surface area (Å²) in [5.74, 6) is 0.897. The number of methoxy groups -OCH3 is 1. The minimum absolute atomic E-state index is 0.897. The molecule has 0 heterocycles. The highest BCUT2D eigenvalue weighted by Gasteiger charge is 2.25. The maximum atomic E-state index is 5.27. The fourth-order valence-corrected chi connectivity index (χ4v) is 2.68. The van der Waals surface area contributed by atoms with Gasteiger partial charge in [0, 0.05) is 0 Å². The molecule has 1 aliphatic rings. The second kappa shape index (κ2) is 4.24. The molecule has 0 amide bonds.